The second-order valence-electron chi connectivity index (χ2n) is 8.08. The van der Waals surface area contributed by atoms with E-state index in [1.807, 2.05) is 73.9 Å². The highest BCUT2D eigenvalue weighted by Gasteiger charge is 2.18. The summed E-state index contributed by atoms with van der Waals surface area (Å²) in [6, 6.07) is 15.3. The highest BCUT2D eigenvalue weighted by atomic mass is 16.6. The first kappa shape index (κ1) is 22.7. The van der Waals surface area contributed by atoms with E-state index in [1.54, 1.807) is 12.4 Å². The number of carbonyl (C=O) groups is 1. The van der Waals surface area contributed by atoms with Gasteiger partial charge in [0.15, 0.2) is 11.5 Å². The first-order valence-electron chi connectivity index (χ1n) is 9.92. The van der Waals surface area contributed by atoms with Gasteiger partial charge in [0.2, 0.25) is 0 Å². The smallest absolute Gasteiger partial charge is 0.407 e. The van der Waals surface area contributed by atoms with Gasteiger partial charge in [0.05, 0.1) is 5.56 Å². The summed E-state index contributed by atoms with van der Waals surface area (Å²) in [7, 11) is 0. The van der Waals surface area contributed by atoms with Crippen molar-refractivity contribution in [3.05, 3.63) is 66.5 Å². The molecule has 4 aromatic rings. The van der Waals surface area contributed by atoms with Crippen LogP contribution in [0, 0.1) is 0 Å². The number of rotatable bonds is 4. The largest absolute Gasteiger partial charge is 0.444 e. The molecule has 0 aliphatic heterocycles. The highest BCUT2D eigenvalue weighted by Crippen LogP contribution is 2.30. The number of amides is 1. The molecule has 0 unspecified atom stereocenters. The first-order chi connectivity index (χ1) is 14.8. The highest BCUT2D eigenvalue weighted by molar-refractivity contribution is 5.82. The monoisotopic (exact) mass is 432 g/mol. The van der Waals surface area contributed by atoms with Crippen molar-refractivity contribution in [2.45, 2.75) is 40.3 Å². The van der Waals surface area contributed by atoms with Crippen LogP contribution in [0.25, 0.3) is 28.2 Å². The molecule has 4 rings (SSSR count). The second-order valence-corrected chi connectivity index (χ2v) is 8.08. The Labute approximate surface area is 187 Å². The molecule has 0 radical (unpaired) electrons. The maximum Gasteiger partial charge on any atom is 0.407 e. The van der Waals surface area contributed by atoms with Gasteiger partial charge in [-0.3, -0.25) is 4.57 Å². The molecule has 3 aromatic heterocycles. The number of pyridine rings is 2. The molecule has 1 aromatic carbocycles. The minimum Gasteiger partial charge on any atom is -0.444 e. The molecule has 32 heavy (non-hydrogen) atoms. The maximum atomic E-state index is 11.9. The average molecular weight is 433 g/mol. The van der Waals surface area contributed by atoms with E-state index < -0.39 is 11.7 Å². The molecule has 3 N–H and O–H groups in total. The van der Waals surface area contributed by atoms with Crippen molar-refractivity contribution in [2.75, 3.05) is 5.73 Å². The number of benzene rings is 1. The summed E-state index contributed by atoms with van der Waals surface area (Å²) in [5.74, 6) is 1.07. The molecular weight excluding hydrogens is 404 g/mol. The molecule has 0 aliphatic carbocycles. The number of ether oxygens (including phenoxy) is 1. The van der Waals surface area contributed by atoms with E-state index in [0.717, 1.165) is 28.0 Å². The van der Waals surface area contributed by atoms with Crippen LogP contribution in [-0.2, 0) is 11.3 Å². The van der Waals surface area contributed by atoms with Crippen LogP contribution in [0.4, 0.5) is 10.6 Å². The molecule has 0 saturated heterocycles. The second kappa shape index (κ2) is 9.05. The van der Waals surface area contributed by atoms with Crippen molar-refractivity contribution in [1.82, 2.24) is 24.8 Å². The number of carbonyl (C=O) groups excluding carboxylic acids is 1. The number of anilines is 1. The van der Waals surface area contributed by atoms with Gasteiger partial charge in [-0.1, -0.05) is 19.6 Å². The molecule has 0 aliphatic rings. The van der Waals surface area contributed by atoms with Crippen molar-refractivity contribution in [1.29, 1.82) is 0 Å². The number of hydrogen-bond acceptors (Lipinski definition) is 6. The molecule has 8 nitrogen and oxygen atoms in total. The van der Waals surface area contributed by atoms with Crippen LogP contribution in [0.5, 0.6) is 0 Å². The molecule has 0 saturated carbocycles. The molecule has 0 bridgehead atoms. The van der Waals surface area contributed by atoms with Gasteiger partial charge >= 0.3 is 6.09 Å². The normalized spacial score (nSPS) is 11.1. The summed E-state index contributed by atoms with van der Waals surface area (Å²) in [5, 5.41) is 2.77. The van der Waals surface area contributed by atoms with Crippen LogP contribution in [0.3, 0.4) is 0 Å². The van der Waals surface area contributed by atoms with E-state index in [1.165, 1.54) is 0 Å². The zero-order valence-electron chi connectivity index (χ0n) is 17.7. The number of fused-ring (bicyclic) bond motifs is 1. The third-order valence-electron chi connectivity index (χ3n) is 4.53. The van der Waals surface area contributed by atoms with E-state index in [0.29, 0.717) is 18.2 Å². The van der Waals surface area contributed by atoms with Crippen molar-refractivity contribution in [3.63, 3.8) is 0 Å². The van der Waals surface area contributed by atoms with Gasteiger partial charge in [0, 0.05) is 24.6 Å². The van der Waals surface area contributed by atoms with E-state index in [4.69, 9.17) is 15.5 Å². The van der Waals surface area contributed by atoms with Gasteiger partial charge in [0.1, 0.15) is 16.9 Å². The maximum absolute atomic E-state index is 11.9. The standard InChI is InChI=1S/C23H24N6O2.CH4/c1-23(2,3)31-22(30)27-14-15-8-10-16(11-9-15)29-20(17-6-4-12-25-19(17)24)28-18-7-5-13-26-21(18)29;/h4-13H,14H2,1-3H3,(H2,24,25)(H,27,30);1H4. The lowest BCUT2D eigenvalue weighted by Crippen LogP contribution is -2.32. The summed E-state index contributed by atoms with van der Waals surface area (Å²) >= 11 is 0. The quantitative estimate of drug-likeness (QED) is 0.483. The predicted octanol–water partition coefficient (Wildman–Crippen LogP) is 4.73. The van der Waals surface area contributed by atoms with Gasteiger partial charge in [-0.15, -0.1) is 0 Å². The summed E-state index contributed by atoms with van der Waals surface area (Å²) in [5.41, 5.74) is 9.62. The number of imidazole rings is 1. The van der Waals surface area contributed by atoms with Gasteiger partial charge in [-0.2, -0.15) is 0 Å². The van der Waals surface area contributed by atoms with Gasteiger partial charge < -0.3 is 15.8 Å². The van der Waals surface area contributed by atoms with E-state index >= 15 is 0 Å². The molecular formula is C24H28N6O2. The van der Waals surface area contributed by atoms with E-state index in [-0.39, 0.29) is 7.43 Å². The lowest BCUT2D eigenvalue weighted by atomic mass is 10.2. The van der Waals surface area contributed by atoms with Crippen LogP contribution < -0.4 is 11.1 Å². The summed E-state index contributed by atoms with van der Waals surface area (Å²) < 4.78 is 7.23. The Morgan fingerprint density at radius 1 is 1.06 bits per heavy atom. The fraction of sp³-hybridized carbons (Fsp3) is 0.250. The zero-order valence-corrected chi connectivity index (χ0v) is 17.7. The average Bonchev–Trinajstić information content (AvgIpc) is 3.11. The molecule has 0 fully saturated rings. The van der Waals surface area contributed by atoms with Gasteiger partial charge in [-0.05, 0) is 62.7 Å². The van der Waals surface area contributed by atoms with Crippen LogP contribution in [0.1, 0.15) is 33.8 Å². The van der Waals surface area contributed by atoms with E-state index in [2.05, 4.69) is 15.3 Å². The topological polar surface area (TPSA) is 108 Å². The minimum absolute atomic E-state index is 0. The zero-order chi connectivity index (χ0) is 22.0. The Hall–Kier alpha value is -3.94. The van der Waals surface area contributed by atoms with Crippen molar-refractivity contribution >= 4 is 23.1 Å². The molecule has 3 heterocycles. The van der Waals surface area contributed by atoms with Crippen LogP contribution >= 0.6 is 0 Å². The SMILES string of the molecule is C.CC(C)(C)OC(=O)NCc1ccc(-n2c(-c3cccnc3N)nc3cccnc32)cc1. The lowest BCUT2D eigenvalue weighted by molar-refractivity contribution is 0.0523. The number of nitrogens with one attached hydrogen (secondary N) is 1. The first-order valence-corrected chi connectivity index (χ1v) is 9.92. The van der Waals surface area contributed by atoms with Gasteiger partial charge in [0.25, 0.3) is 0 Å². The number of nitrogens with two attached hydrogens (primary N) is 1. The Morgan fingerprint density at radius 3 is 2.44 bits per heavy atom. The third kappa shape index (κ3) is 4.85. The summed E-state index contributed by atoms with van der Waals surface area (Å²) in [6.45, 7) is 5.85. The van der Waals surface area contributed by atoms with Crippen LogP contribution in [-0.4, -0.2) is 31.2 Å². The van der Waals surface area contributed by atoms with Gasteiger partial charge in [-0.25, -0.2) is 19.7 Å². The molecule has 8 heteroatoms. The van der Waals surface area contributed by atoms with Crippen molar-refractivity contribution < 1.29 is 9.53 Å². The lowest BCUT2D eigenvalue weighted by Gasteiger charge is -2.19. The van der Waals surface area contributed by atoms with Crippen molar-refractivity contribution in [3.8, 4) is 17.1 Å². The Morgan fingerprint density at radius 2 is 1.75 bits per heavy atom. The summed E-state index contributed by atoms with van der Waals surface area (Å²) in [4.78, 5) is 25.3. The number of alkyl carbamates (subject to hydrolysis) is 1. The van der Waals surface area contributed by atoms with Crippen LogP contribution in [0.15, 0.2) is 60.9 Å². The Kier molecular flexibility index (Phi) is 6.43. The number of nitrogens with zero attached hydrogens (tertiary/aromatic N) is 4. The van der Waals surface area contributed by atoms with Crippen molar-refractivity contribution in [2.24, 2.45) is 0 Å². The third-order valence-corrected chi connectivity index (χ3v) is 4.53. The Balaban J connectivity index is 0.00000289. The number of hydrogen-bond donors (Lipinski definition) is 2. The Bertz CT molecular complexity index is 1230. The fourth-order valence-corrected chi connectivity index (χ4v) is 3.20. The van der Waals surface area contributed by atoms with Crippen LogP contribution in [0.2, 0.25) is 0 Å². The number of aromatic nitrogens is 4. The van der Waals surface area contributed by atoms with E-state index in [9.17, 15) is 4.79 Å². The molecule has 1 amide bonds. The molecule has 166 valence electrons. The summed E-state index contributed by atoms with van der Waals surface area (Å²) in [6.07, 6.45) is 2.93. The molecule has 0 spiro atoms. The predicted molar refractivity (Wildman–Crippen MR) is 126 cm³/mol. The molecule has 0 atom stereocenters. The fourth-order valence-electron chi connectivity index (χ4n) is 3.20. The number of nitrogen functional groups attached to an aromatic ring is 1. The minimum atomic E-state index is -0.534.